The number of ether oxygens (including phenoxy) is 1. The van der Waals surface area contributed by atoms with Crippen LogP contribution in [0.2, 0.25) is 0 Å². The number of carbonyl (C=O) groups is 2. The van der Waals surface area contributed by atoms with Crippen molar-refractivity contribution in [3.8, 4) is 0 Å². The van der Waals surface area contributed by atoms with Crippen molar-refractivity contribution in [2.45, 2.75) is 45.4 Å². The average Bonchev–Trinajstić information content (AvgIpc) is 2.94. The molecule has 6 nitrogen and oxygen atoms in total. The van der Waals surface area contributed by atoms with E-state index in [2.05, 4.69) is 66.6 Å². The number of benzene rings is 3. The van der Waals surface area contributed by atoms with Crippen LogP contribution in [-0.4, -0.2) is 45.2 Å². The summed E-state index contributed by atoms with van der Waals surface area (Å²) < 4.78 is 5.11. The monoisotopic (exact) mass is 527 g/mol. The zero-order valence-electron chi connectivity index (χ0n) is 23.6. The van der Waals surface area contributed by atoms with Gasteiger partial charge in [-0.1, -0.05) is 63.2 Å². The lowest BCUT2D eigenvalue weighted by molar-refractivity contribution is 0.0936. The van der Waals surface area contributed by atoms with Crippen molar-refractivity contribution >= 4 is 23.2 Å². The molecule has 0 unspecified atom stereocenters. The second kappa shape index (κ2) is 12.9. The number of amides is 2. The predicted octanol–water partition coefficient (Wildman–Crippen LogP) is 6.07. The number of hydrogen-bond acceptors (Lipinski definition) is 4. The molecule has 0 aliphatic carbocycles. The summed E-state index contributed by atoms with van der Waals surface area (Å²) in [6.07, 6.45) is 3.23. The third-order valence-electron chi connectivity index (χ3n) is 7.43. The van der Waals surface area contributed by atoms with Crippen LogP contribution in [0.15, 0.2) is 72.8 Å². The maximum absolute atomic E-state index is 13.2. The summed E-state index contributed by atoms with van der Waals surface area (Å²) in [5.41, 5.74) is 5.21. The molecule has 1 aliphatic rings. The van der Waals surface area contributed by atoms with Gasteiger partial charge in [-0.15, -0.1) is 0 Å². The fourth-order valence-corrected chi connectivity index (χ4v) is 5.08. The molecule has 3 aromatic carbocycles. The molecule has 39 heavy (non-hydrogen) atoms. The van der Waals surface area contributed by atoms with Gasteiger partial charge in [0.2, 0.25) is 0 Å². The molecular formula is C33H41N3O3. The number of carbonyl (C=O) groups excluding carboxylic acids is 2. The van der Waals surface area contributed by atoms with Crippen LogP contribution in [0, 0.1) is 5.92 Å². The van der Waals surface area contributed by atoms with E-state index in [1.807, 2.05) is 36.4 Å². The molecular weight excluding hydrogens is 486 g/mol. The molecule has 2 amide bonds. The lowest BCUT2D eigenvalue weighted by Crippen LogP contribution is -2.36. The summed E-state index contributed by atoms with van der Waals surface area (Å²) in [6.45, 7) is 9.08. The van der Waals surface area contributed by atoms with Crippen LogP contribution in [-0.2, 0) is 16.6 Å². The van der Waals surface area contributed by atoms with Gasteiger partial charge in [0.25, 0.3) is 11.8 Å². The second-order valence-corrected chi connectivity index (χ2v) is 11.4. The third kappa shape index (κ3) is 7.70. The Bertz CT molecular complexity index is 1240. The molecule has 3 aromatic rings. The molecule has 0 radical (unpaired) electrons. The molecule has 206 valence electrons. The Kier molecular flexibility index (Phi) is 9.41. The van der Waals surface area contributed by atoms with Gasteiger partial charge in [-0.25, -0.2) is 0 Å². The summed E-state index contributed by atoms with van der Waals surface area (Å²) in [6, 6.07) is 24.0. The van der Waals surface area contributed by atoms with E-state index in [1.165, 1.54) is 11.1 Å². The number of piperidine rings is 1. The maximum atomic E-state index is 13.2. The maximum Gasteiger partial charge on any atom is 0.255 e. The summed E-state index contributed by atoms with van der Waals surface area (Å²) in [4.78, 5) is 28.5. The first-order valence-electron chi connectivity index (χ1n) is 13.9. The zero-order valence-corrected chi connectivity index (χ0v) is 23.6. The van der Waals surface area contributed by atoms with E-state index in [0.29, 0.717) is 35.9 Å². The molecule has 0 spiro atoms. The highest BCUT2D eigenvalue weighted by atomic mass is 16.5. The predicted molar refractivity (Wildman–Crippen MR) is 159 cm³/mol. The van der Waals surface area contributed by atoms with Gasteiger partial charge >= 0.3 is 0 Å². The van der Waals surface area contributed by atoms with Gasteiger partial charge in [0, 0.05) is 43.7 Å². The Labute approximate surface area is 232 Å². The van der Waals surface area contributed by atoms with Crippen LogP contribution in [0.5, 0.6) is 0 Å². The normalized spacial score (nSPS) is 14.2. The number of rotatable bonds is 9. The molecule has 0 atom stereocenters. The molecule has 4 rings (SSSR count). The standard InChI is InChI=1S/C33H41N3O3/c1-33(2,3)27-12-10-26(11-13-27)31(37)35-28-14-15-30(29(23-28)32(38)34-18-21-39-4)36-19-16-25(17-20-36)22-24-8-6-5-7-9-24/h5-15,23,25H,16-22H2,1-4H3,(H,34,38)(H,35,37). The largest absolute Gasteiger partial charge is 0.383 e. The number of methoxy groups -OCH3 is 1. The van der Waals surface area contributed by atoms with Crippen molar-refractivity contribution < 1.29 is 14.3 Å². The Balaban J connectivity index is 1.48. The number of nitrogens with one attached hydrogen (secondary N) is 2. The van der Waals surface area contributed by atoms with Crippen LogP contribution in [0.4, 0.5) is 11.4 Å². The molecule has 0 bridgehead atoms. The minimum absolute atomic E-state index is 0.0198. The van der Waals surface area contributed by atoms with Crippen LogP contribution in [0.1, 0.15) is 65.5 Å². The number of anilines is 2. The molecule has 1 heterocycles. The number of nitrogens with zero attached hydrogens (tertiary/aromatic N) is 1. The highest BCUT2D eigenvalue weighted by molar-refractivity contribution is 6.06. The smallest absolute Gasteiger partial charge is 0.255 e. The first kappa shape index (κ1) is 28.4. The molecule has 1 fully saturated rings. The summed E-state index contributed by atoms with van der Waals surface area (Å²) >= 11 is 0. The van der Waals surface area contributed by atoms with E-state index in [1.54, 1.807) is 13.2 Å². The SMILES string of the molecule is COCCNC(=O)c1cc(NC(=O)c2ccc(C(C)(C)C)cc2)ccc1N1CCC(Cc2ccccc2)CC1. The third-order valence-corrected chi connectivity index (χ3v) is 7.43. The van der Waals surface area contributed by atoms with Crippen molar-refractivity contribution in [1.82, 2.24) is 5.32 Å². The van der Waals surface area contributed by atoms with Crippen molar-refractivity contribution in [1.29, 1.82) is 0 Å². The van der Waals surface area contributed by atoms with Crippen LogP contribution in [0.3, 0.4) is 0 Å². The molecule has 0 aromatic heterocycles. The van der Waals surface area contributed by atoms with Crippen LogP contribution >= 0.6 is 0 Å². The highest BCUT2D eigenvalue weighted by Crippen LogP contribution is 2.30. The number of hydrogen-bond donors (Lipinski definition) is 2. The minimum Gasteiger partial charge on any atom is -0.383 e. The van der Waals surface area contributed by atoms with Crippen molar-refractivity contribution in [2.24, 2.45) is 5.92 Å². The van der Waals surface area contributed by atoms with Gasteiger partial charge in [0.05, 0.1) is 12.2 Å². The van der Waals surface area contributed by atoms with E-state index in [0.717, 1.165) is 38.0 Å². The van der Waals surface area contributed by atoms with E-state index >= 15 is 0 Å². The fraction of sp³-hybridized carbons (Fsp3) is 0.394. The zero-order chi connectivity index (χ0) is 27.8. The lowest BCUT2D eigenvalue weighted by atomic mass is 9.87. The Morgan fingerprint density at radius 1 is 0.923 bits per heavy atom. The van der Waals surface area contributed by atoms with Crippen molar-refractivity contribution in [3.63, 3.8) is 0 Å². The van der Waals surface area contributed by atoms with E-state index in [9.17, 15) is 9.59 Å². The average molecular weight is 528 g/mol. The fourth-order valence-electron chi connectivity index (χ4n) is 5.08. The van der Waals surface area contributed by atoms with Gasteiger partial charge < -0.3 is 20.3 Å². The first-order valence-corrected chi connectivity index (χ1v) is 13.9. The molecule has 1 aliphatic heterocycles. The van der Waals surface area contributed by atoms with Gasteiger partial charge in [-0.05, 0) is 72.1 Å². The van der Waals surface area contributed by atoms with Gasteiger partial charge in [-0.2, -0.15) is 0 Å². The van der Waals surface area contributed by atoms with E-state index in [4.69, 9.17) is 4.74 Å². The Morgan fingerprint density at radius 2 is 1.62 bits per heavy atom. The summed E-state index contributed by atoms with van der Waals surface area (Å²) in [5, 5.41) is 5.93. The quantitative estimate of drug-likeness (QED) is 0.331. The van der Waals surface area contributed by atoms with Gasteiger partial charge in [-0.3, -0.25) is 9.59 Å². The summed E-state index contributed by atoms with van der Waals surface area (Å²) in [5.74, 6) is 0.264. The van der Waals surface area contributed by atoms with Gasteiger partial charge in [0.1, 0.15) is 0 Å². The lowest BCUT2D eigenvalue weighted by Gasteiger charge is -2.35. The van der Waals surface area contributed by atoms with Crippen molar-refractivity contribution in [2.75, 3.05) is 43.6 Å². The van der Waals surface area contributed by atoms with Crippen LogP contribution < -0.4 is 15.5 Å². The second-order valence-electron chi connectivity index (χ2n) is 11.4. The van der Waals surface area contributed by atoms with Crippen LogP contribution in [0.25, 0.3) is 0 Å². The molecule has 2 N–H and O–H groups in total. The minimum atomic E-state index is -0.198. The first-order chi connectivity index (χ1) is 18.7. The summed E-state index contributed by atoms with van der Waals surface area (Å²) in [7, 11) is 1.61. The highest BCUT2D eigenvalue weighted by Gasteiger charge is 2.24. The van der Waals surface area contributed by atoms with E-state index in [-0.39, 0.29) is 17.2 Å². The molecule has 6 heteroatoms. The van der Waals surface area contributed by atoms with Crippen molar-refractivity contribution in [3.05, 3.63) is 95.1 Å². The topological polar surface area (TPSA) is 70.7 Å². The van der Waals surface area contributed by atoms with E-state index < -0.39 is 0 Å². The Hall–Kier alpha value is -3.64. The molecule has 0 saturated carbocycles. The molecule has 1 saturated heterocycles. The Morgan fingerprint density at radius 3 is 2.26 bits per heavy atom. The van der Waals surface area contributed by atoms with Gasteiger partial charge in [0.15, 0.2) is 0 Å².